The van der Waals surface area contributed by atoms with Crippen LogP contribution >= 0.6 is 0 Å². The van der Waals surface area contributed by atoms with Crippen molar-refractivity contribution in [1.29, 1.82) is 0 Å². The van der Waals surface area contributed by atoms with Crippen LogP contribution in [0.1, 0.15) is 60.3 Å². The van der Waals surface area contributed by atoms with Crippen molar-refractivity contribution in [1.82, 2.24) is 19.9 Å². The van der Waals surface area contributed by atoms with E-state index >= 15 is 0 Å². The van der Waals surface area contributed by atoms with E-state index in [1.54, 1.807) is 18.2 Å². The van der Waals surface area contributed by atoms with Crippen LogP contribution in [0.15, 0.2) is 71.9 Å². The third-order valence-electron chi connectivity index (χ3n) is 9.59. The minimum absolute atomic E-state index is 0.0131. The van der Waals surface area contributed by atoms with E-state index in [2.05, 4.69) is 27.0 Å². The summed E-state index contributed by atoms with van der Waals surface area (Å²) in [4.78, 5) is 30.5. The van der Waals surface area contributed by atoms with E-state index < -0.39 is 15.5 Å². The van der Waals surface area contributed by atoms with Crippen LogP contribution < -0.4 is 4.90 Å². The van der Waals surface area contributed by atoms with E-state index in [9.17, 15) is 17.8 Å². The molecule has 3 fully saturated rings. The third-order valence-corrected chi connectivity index (χ3v) is 10.5. The molecule has 2 aromatic heterocycles. The Morgan fingerprint density at radius 3 is 2.22 bits per heavy atom. The fourth-order valence-electron chi connectivity index (χ4n) is 6.93. The maximum absolute atomic E-state index is 13.8. The molecule has 0 radical (unpaired) electrons. The monoisotopic (exact) mass is 571 g/mol. The van der Waals surface area contributed by atoms with Gasteiger partial charge in [-0.1, -0.05) is 24.3 Å². The van der Waals surface area contributed by atoms with Crippen LogP contribution in [-0.4, -0.2) is 64.9 Å². The Morgan fingerprint density at radius 2 is 1.54 bits per heavy atom. The van der Waals surface area contributed by atoms with E-state index in [-0.39, 0.29) is 16.2 Å². The van der Waals surface area contributed by atoms with Gasteiger partial charge < -0.3 is 14.8 Å². The maximum Gasteiger partial charge on any atom is 0.294 e. The Bertz CT molecular complexity index is 1710. The molecule has 1 spiro atoms. The highest BCUT2D eigenvalue weighted by Crippen LogP contribution is 2.54. The number of piperidine rings is 2. The standard InChI is InChI=1S/C31H33N5O4S/c37-28(36-20-14-30(15-21-36)12-18-35(19-13-30)22-8-16-32-17-9-22)23-4-3-6-25-27(23)34-29(33-25)31(10-11-31)24-5-1-2-7-26(24)41(38,39)40/h1-9,16-17H,10-15,18-21H2,(H,33,34)(H,38,39,40). The molecule has 9 nitrogen and oxygen atoms in total. The minimum atomic E-state index is -4.39. The number of H-pyrrole nitrogens is 1. The predicted molar refractivity (Wildman–Crippen MR) is 156 cm³/mol. The van der Waals surface area contributed by atoms with Gasteiger partial charge in [0.05, 0.1) is 21.4 Å². The van der Waals surface area contributed by atoms with Crippen molar-refractivity contribution >= 4 is 32.7 Å². The molecule has 2 aliphatic heterocycles. The topological polar surface area (TPSA) is 119 Å². The number of imidazole rings is 1. The van der Waals surface area contributed by atoms with E-state index in [0.717, 1.165) is 57.4 Å². The number of aromatic amines is 1. The zero-order chi connectivity index (χ0) is 28.2. The number of nitrogens with zero attached hydrogens (tertiary/aromatic N) is 4. The summed E-state index contributed by atoms with van der Waals surface area (Å²) in [6.07, 6.45) is 9.35. The highest BCUT2D eigenvalue weighted by Gasteiger charge is 2.51. The second kappa shape index (κ2) is 9.66. The van der Waals surface area contributed by atoms with Gasteiger partial charge in [0.15, 0.2) is 0 Å². The number of hydrogen-bond acceptors (Lipinski definition) is 6. The van der Waals surface area contributed by atoms with Crippen LogP contribution in [0.3, 0.4) is 0 Å². The van der Waals surface area contributed by atoms with E-state index in [1.165, 1.54) is 11.8 Å². The second-order valence-corrected chi connectivity index (χ2v) is 13.2. The van der Waals surface area contributed by atoms with E-state index in [1.807, 2.05) is 35.5 Å². The summed E-state index contributed by atoms with van der Waals surface area (Å²) < 4.78 is 34.1. The molecule has 4 aromatic rings. The summed E-state index contributed by atoms with van der Waals surface area (Å²) >= 11 is 0. The minimum Gasteiger partial charge on any atom is -0.371 e. The summed E-state index contributed by atoms with van der Waals surface area (Å²) in [5.41, 5.74) is 3.33. The molecular weight excluding hydrogens is 538 g/mol. The number of likely N-dealkylation sites (tertiary alicyclic amines) is 1. The number of pyridine rings is 1. The molecule has 212 valence electrons. The number of rotatable bonds is 5. The van der Waals surface area contributed by atoms with Gasteiger partial charge in [0.1, 0.15) is 11.3 Å². The average Bonchev–Trinajstić information content (AvgIpc) is 3.69. The molecule has 41 heavy (non-hydrogen) atoms. The molecule has 1 saturated carbocycles. The largest absolute Gasteiger partial charge is 0.371 e. The average molecular weight is 572 g/mol. The maximum atomic E-state index is 13.8. The predicted octanol–water partition coefficient (Wildman–Crippen LogP) is 4.81. The number of aromatic nitrogens is 3. The van der Waals surface area contributed by atoms with Crippen LogP contribution in [0.4, 0.5) is 5.69 Å². The van der Waals surface area contributed by atoms with E-state index in [0.29, 0.717) is 35.3 Å². The van der Waals surface area contributed by atoms with Gasteiger partial charge in [-0.2, -0.15) is 8.42 Å². The van der Waals surface area contributed by atoms with E-state index in [4.69, 9.17) is 4.98 Å². The number of carbonyl (C=O) groups excluding carboxylic acids is 1. The van der Waals surface area contributed by atoms with Gasteiger partial charge in [-0.05, 0) is 79.8 Å². The smallest absolute Gasteiger partial charge is 0.294 e. The van der Waals surface area contributed by atoms with Crippen molar-refractivity contribution in [3.05, 3.63) is 83.9 Å². The fourth-order valence-corrected chi connectivity index (χ4v) is 7.72. The quantitative estimate of drug-likeness (QED) is 0.330. The third kappa shape index (κ3) is 4.59. The normalized spacial score (nSPS) is 19.9. The van der Waals surface area contributed by atoms with Gasteiger partial charge in [-0.25, -0.2) is 4.98 Å². The molecule has 2 saturated heterocycles. The van der Waals surface area contributed by atoms with Gasteiger partial charge in [-0.15, -0.1) is 0 Å². The Hall–Kier alpha value is -3.76. The van der Waals surface area contributed by atoms with Gasteiger partial charge in [0.25, 0.3) is 16.0 Å². The summed E-state index contributed by atoms with van der Waals surface area (Å²) in [6.45, 7) is 3.51. The lowest BCUT2D eigenvalue weighted by Crippen LogP contribution is -2.48. The SMILES string of the molecule is O=C(c1cccc2[nH]c(C3(c4ccccc4S(=O)(=O)O)CC3)nc12)N1CCC2(CC1)CCN(c1ccncc1)CC2. The van der Waals surface area contributed by atoms with Crippen LogP contribution in [0, 0.1) is 5.41 Å². The van der Waals surface area contributed by atoms with Crippen molar-refractivity contribution < 1.29 is 17.8 Å². The Kier molecular flexibility index (Phi) is 6.17. The van der Waals surface area contributed by atoms with Crippen molar-refractivity contribution in [3.63, 3.8) is 0 Å². The highest BCUT2D eigenvalue weighted by molar-refractivity contribution is 7.85. The molecule has 1 amide bonds. The number of hydrogen-bond donors (Lipinski definition) is 2. The summed E-state index contributed by atoms with van der Waals surface area (Å²) in [5.74, 6) is 0.614. The highest BCUT2D eigenvalue weighted by atomic mass is 32.2. The van der Waals surface area contributed by atoms with Gasteiger partial charge >= 0.3 is 0 Å². The number of amides is 1. The Morgan fingerprint density at radius 1 is 0.854 bits per heavy atom. The molecular formula is C31H33N5O4S. The lowest BCUT2D eigenvalue weighted by Gasteiger charge is -2.47. The van der Waals surface area contributed by atoms with Crippen LogP contribution in [0.25, 0.3) is 11.0 Å². The van der Waals surface area contributed by atoms with Crippen molar-refractivity contribution in [3.8, 4) is 0 Å². The van der Waals surface area contributed by atoms with Crippen molar-refractivity contribution in [2.45, 2.75) is 48.8 Å². The number of para-hydroxylation sites is 1. The van der Waals surface area contributed by atoms with Gasteiger partial charge in [-0.3, -0.25) is 14.3 Å². The molecule has 0 bridgehead atoms. The first kappa shape index (κ1) is 26.2. The van der Waals surface area contributed by atoms with Crippen LogP contribution in [0.2, 0.25) is 0 Å². The number of carbonyl (C=O) groups is 1. The molecule has 10 heteroatoms. The van der Waals surface area contributed by atoms with Gasteiger partial charge in [0.2, 0.25) is 0 Å². The molecule has 0 unspecified atom stereocenters. The Labute approximate surface area is 239 Å². The first-order valence-electron chi connectivity index (χ1n) is 14.3. The Balaban J connectivity index is 1.09. The lowest BCUT2D eigenvalue weighted by molar-refractivity contribution is 0.0516. The first-order valence-corrected chi connectivity index (χ1v) is 15.7. The number of nitrogens with one attached hydrogen (secondary N) is 1. The second-order valence-electron chi connectivity index (χ2n) is 11.8. The molecule has 3 aliphatic rings. The summed E-state index contributed by atoms with van der Waals surface area (Å²) in [7, 11) is -4.39. The molecule has 4 heterocycles. The summed E-state index contributed by atoms with van der Waals surface area (Å²) in [6, 6.07) is 16.3. The molecule has 2 aromatic carbocycles. The molecule has 0 atom stereocenters. The fraction of sp³-hybridized carbons (Fsp3) is 0.387. The van der Waals surface area contributed by atoms with Crippen LogP contribution in [-0.2, 0) is 15.5 Å². The molecule has 2 N–H and O–H groups in total. The number of anilines is 1. The van der Waals surface area contributed by atoms with Crippen LogP contribution in [0.5, 0.6) is 0 Å². The zero-order valence-corrected chi connectivity index (χ0v) is 23.6. The lowest BCUT2D eigenvalue weighted by atomic mass is 9.71. The first-order chi connectivity index (χ1) is 19.8. The molecule has 7 rings (SSSR count). The van der Waals surface area contributed by atoms with Gasteiger partial charge in [0, 0.05) is 44.3 Å². The number of benzene rings is 2. The molecule has 1 aliphatic carbocycles. The van der Waals surface area contributed by atoms with Crippen molar-refractivity contribution in [2.75, 3.05) is 31.1 Å². The summed E-state index contributed by atoms with van der Waals surface area (Å²) in [5, 5.41) is 0. The zero-order valence-electron chi connectivity index (χ0n) is 22.8. The van der Waals surface area contributed by atoms with Crippen molar-refractivity contribution in [2.24, 2.45) is 5.41 Å². The number of fused-ring (bicyclic) bond motifs is 1.